The van der Waals surface area contributed by atoms with Crippen molar-refractivity contribution in [2.75, 3.05) is 5.75 Å². The molecule has 1 N–H and O–H groups in total. The SMILES string of the molecule is CCCSc1cccc(F)c1CNC(C)C. The van der Waals surface area contributed by atoms with E-state index in [4.69, 9.17) is 0 Å². The predicted molar refractivity (Wildman–Crippen MR) is 69.4 cm³/mol. The molecule has 0 radical (unpaired) electrons. The molecule has 0 heterocycles. The highest BCUT2D eigenvalue weighted by Gasteiger charge is 2.08. The molecule has 0 atom stereocenters. The Morgan fingerprint density at radius 3 is 2.75 bits per heavy atom. The summed E-state index contributed by atoms with van der Waals surface area (Å²) in [6, 6.07) is 5.70. The van der Waals surface area contributed by atoms with Gasteiger partial charge in [0.25, 0.3) is 0 Å². The van der Waals surface area contributed by atoms with Crippen LogP contribution in [-0.2, 0) is 6.54 Å². The van der Waals surface area contributed by atoms with Crippen LogP contribution in [0.4, 0.5) is 4.39 Å². The largest absolute Gasteiger partial charge is 0.310 e. The predicted octanol–water partition coefficient (Wildman–Crippen LogP) is 3.83. The molecule has 1 aromatic rings. The molecule has 3 heteroatoms. The van der Waals surface area contributed by atoms with Gasteiger partial charge in [0.1, 0.15) is 5.82 Å². The summed E-state index contributed by atoms with van der Waals surface area (Å²) in [5, 5.41) is 3.27. The second-order valence-corrected chi connectivity index (χ2v) is 5.24. The first-order chi connectivity index (χ1) is 7.65. The van der Waals surface area contributed by atoms with Gasteiger partial charge in [0.05, 0.1) is 0 Å². The zero-order valence-corrected chi connectivity index (χ0v) is 11.0. The molecule has 0 amide bonds. The van der Waals surface area contributed by atoms with Crippen molar-refractivity contribution in [3.05, 3.63) is 29.6 Å². The van der Waals surface area contributed by atoms with Gasteiger partial charge in [-0.2, -0.15) is 0 Å². The summed E-state index contributed by atoms with van der Waals surface area (Å²) in [7, 11) is 0. The summed E-state index contributed by atoms with van der Waals surface area (Å²) in [5.74, 6) is 0.937. The second-order valence-electron chi connectivity index (χ2n) is 4.10. The molecule has 0 saturated carbocycles. The minimum absolute atomic E-state index is 0.103. The highest BCUT2D eigenvalue weighted by atomic mass is 32.2. The van der Waals surface area contributed by atoms with Crippen molar-refractivity contribution in [3.8, 4) is 0 Å². The van der Waals surface area contributed by atoms with Gasteiger partial charge in [-0.15, -0.1) is 11.8 Å². The highest BCUT2D eigenvalue weighted by molar-refractivity contribution is 7.99. The molecule has 0 unspecified atom stereocenters. The molecule has 0 aliphatic heterocycles. The third-order valence-electron chi connectivity index (χ3n) is 2.22. The maximum atomic E-state index is 13.7. The van der Waals surface area contributed by atoms with Crippen LogP contribution < -0.4 is 5.32 Å². The quantitative estimate of drug-likeness (QED) is 0.760. The van der Waals surface area contributed by atoms with Crippen molar-refractivity contribution < 1.29 is 4.39 Å². The minimum atomic E-state index is -0.103. The Balaban J connectivity index is 2.77. The maximum Gasteiger partial charge on any atom is 0.128 e. The number of hydrogen-bond donors (Lipinski definition) is 1. The van der Waals surface area contributed by atoms with E-state index in [1.807, 2.05) is 6.07 Å². The first-order valence-corrected chi connectivity index (χ1v) is 6.77. The smallest absolute Gasteiger partial charge is 0.128 e. The summed E-state index contributed by atoms with van der Waals surface area (Å²) >= 11 is 1.73. The minimum Gasteiger partial charge on any atom is -0.310 e. The zero-order chi connectivity index (χ0) is 12.0. The fraction of sp³-hybridized carbons (Fsp3) is 0.538. The van der Waals surface area contributed by atoms with Gasteiger partial charge in [0.2, 0.25) is 0 Å². The van der Waals surface area contributed by atoms with Crippen LogP contribution in [-0.4, -0.2) is 11.8 Å². The topological polar surface area (TPSA) is 12.0 Å². The van der Waals surface area contributed by atoms with E-state index in [0.717, 1.165) is 22.6 Å². The van der Waals surface area contributed by atoms with Crippen molar-refractivity contribution in [2.24, 2.45) is 0 Å². The highest BCUT2D eigenvalue weighted by Crippen LogP contribution is 2.25. The van der Waals surface area contributed by atoms with Crippen LogP contribution in [0, 0.1) is 5.82 Å². The molecule has 16 heavy (non-hydrogen) atoms. The molecule has 1 aromatic carbocycles. The van der Waals surface area contributed by atoms with Gasteiger partial charge in [0, 0.05) is 23.0 Å². The number of hydrogen-bond acceptors (Lipinski definition) is 2. The molecule has 0 aliphatic rings. The van der Waals surface area contributed by atoms with Crippen molar-refractivity contribution in [1.82, 2.24) is 5.32 Å². The first-order valence-electron chi connectivity index (χ1n) is 5.78. The summed E-state index contributed by atoms with van der Waals surface area (Å²) in [5.41, 5.74) is 0.801. The lowest BCUT2D eigenvalue weighted by atomic mass is 10.2. The fourth-order valence-corrected chi connectivity index (χ4v) is 2.31. The van der Waals surface area contributed by atoms with Gasteiger partial charge in [0.15, 0.2) is 0 Å². The lowest BCUT2D eigenvalue weighted by Crippen LogP contribution is -2.22. The van der Waals surface area contributed by atoms with E-state index in [2.05, 4.69) is 26.1 Å². The molecule has 1 nitrogen and oxygen atoms in total. The average molecular weight is 241 g/mol. The van der Waals surface area contributed by atoms with E-state index in [-0.39, 0.29) is 5.82 Å². The number of thioether (sulfide) groups is 1. The number of nitrogens with one attached hydrogen (secondary N) is 1. The van der Waals surface area contributed by atoms with Crippen LogP contribution in [0.5, 0.6) is 0 Å². The van der Waals surface area contributed by atoms with E-state index in [1.165, 1.54) is 6.07 Å². The lowest BCUT2D eigenvalue weighted by Gasteiger charge is -2.13. The molecule has 0 aromatic heterocycles. The van der Waals surface area contributed by atoms with Gasteiger partial charge in [-0.3, -0.25) is 0 Å². The molecule has 1 rings (SSSR count). The van der Waals surface area contributed by atoms with Crippen molar-refractivity contribution in [3.63, 3.8) is 0 Å². The zero-order valence-electron chi connectivity index (χ0n) is 10.2. The van der Waals surface area contributed by atoms with E-state index in [0.29, 0.717) is 12.6 Å². The van der Waals surface area contributed by atoms with Crippen molar-refractivity contribution in [2.45, 2.75) is 44.7 Å². The Bertz CT molecular complexity index is 326. The van der Waals surface area contributed by atoms with Gasteiger partial charge in [-0.05, 0) is 24.3 Å². The molecule has 0 spiro atoms. The Morgan fingerprint density at radius 1 is 1.38 bits per heavy atom. The van der Waals surface area contributed by atoms with Crippen LogP contribution in [0.1, 0.15) is 32.8 Å². The maximum absolute atomic E-state index is 13.7. The van der Waals surface area contributed by atoms with Gasteiger partial charge < -0.3 is 5.32 Å². The summed E-state index contributed by atoms with van der Waals surface area (Å²) < 4.78 is 13.7. The van der Waals surface area contributed by atoms with Gasteiger partial charge in [-0.25, -0.2) is 4.39 Å². The normalized spacial score (nSPS) is 11.1. The summed E-state index contributed by atoms with van der Waals surface area (Å²) in [6.07, 6.45) is 1.11. The Labute approximate surface area is 102 Å². The summed E-state index contributed by atoms with van der Waals surface area (Å²) in [4.78, 5) is 1.06. The Hall–Kier alpha value is -0.540. The molecule has 0 saturated heterocycles. The molecule has 0 aliphatic carbocycles. The average Bonchev–Trinajstić information content (AvgIpc) is 2.24. The third-order valence-corrected chi connectivity index (χ3v) is 3.53. The number of benzene rings is 1. The molecule has 0 bridgehead atoms. The van der Waals surface area contributed by atoms with Crippen LogP contribution in [0.3, 0.4) is 0 Å². The lowest BCUT2D eigenvalue weighted by molar-refractivity contribution is 0.546. The molecular formula is C13H20FNS. The number of rotatable bonds is 6. The van der Waals surface area contributed by atoms with Crippen molar-refractivity contribution >= 4 is 11.8 Å². The molecule has 0 fully saturated rings. The molecule has 90 valence electrons. The first kappa shape index (κ1) is 13.5. The van der Waals surface area contributed by atoms with Crippen LogP contribution in [0.2, 0.25) is 0 Å². The standard InChI is InChI=1S/C13H20FNS/c1-4-8-16-13-7-5-6-12(14)11(13)9-15-10(2)3/h5-7,10,15H,4,8-9H2,1-3H3. The van der Waals surface area contributed by atoms with Crippen LogP contribution in [0.15, 0.2) is 23.1 Å². The van der Waals surface area contributed by atoms with E-state index < -0.39 is 0 Å². The van der Waals surface area contributed by atoms with E-state index in [9.17, 15) is 4.39 Å². The fourth-order valence-electron chi connectivity index (χ4n) is 1.36. The monoisotopic (exact) mass is 241 g/mol. The second kappa shape index (κ2) is 6.92. The van der Waals surface area contributed by atoms with Crippen LogP contribution >= 0.6 is 11.8 Å². The van der Waals surface area contributed by atoms with E-state index >= 15 is 0 Å². The van der Waals surface area contributed by atoms with Crippen LogP contribution in [0.25, 0.3) is 0 Å². The Morgan fingerprint density at radius 2 is 2.12 bits per heavy atom. The Kier molecular flexibility index (Phi) is 5.85. The van der Waals surface area contributed by atoms with Gasteiger partial charge >= 0.3 is 0 Å². The number of halogens is 1. The third kappa shape index (κ3) is 4.14. The van der Waals surface area contributed by atoms with Crippen molar-refractivity contribution in [1.29, 1.82) is 0 Å². The van der Waals surface area contributed by atoms with Gasteiger partial charge in [-0.1, -0.05) is 26.8 Å². The molecular weight excluding hydrogens is 221 g/mol. The van der Waals surface area contributed by atoms with E-state index in [1.54, 1.807) is 17.8 Å². The summed E-state index contributed by atoms with van der Waals surface area (Å²) in [6.45, 7) is 6.88.